The van der Waals surface area contributed by atoms with E-state index in [2.05, 4.69) is 21.2 Å². The van der Waals surface area contributed by atoms with Gasteiger partial charge in [-0.05, 0) is 42.3 Å². The first-order chi connectivity index (χ1) is 17.7. The van der Waals surface area contributed by atoms with Crippen LogP contribution in [0.4, 0.5) is 18.9 Å². The molecule has 1 fully saturated rings. The molecule has 2 aromatic rings. The molecule has 2 aliphatic heterocycles. The maximum absolute atomic E-state index is 13.3. The minimum Gasteiger partial charge on any atom is -0.493 e. The molecule has 0 radical (unpaired) electrons. The number of anilines is 1. The van der Waals surface area contributed by atoms with Crippen LogP contribution in [0.2, 0.25) is 0 Å². The van der Waals surface area contributed by atoms with Crippen LogP contribution in [0.15, 0.2) is 47.5 Å². The van der Waals surface area contributed by atoms with Gasteiger partial charge in [0.15, 0.2) is 16.7 Å². The third-order valence-electron chi connectivity index (χ3n) is 5.88. The van der Waals surface area contributed by atoms with Crippen LogP contribution in [0.3, 0.4) is 0 Å². The van der Waals surface area contributed by atoms with Gasteiger partial charge >= 0.3 is 6.18 Å². The summed E-state index contributed by atoms with van der Waals surface area (Å²) in [6.45, 7) is 0.644. The lowest BCUT2D eigenvalue weighted by Gasteiger charge is -2.32. The molecule has 2 aliphatic rings. The zero-order chi connectivity index (χ0) is 26.6. The third-order valence-corrected chi connectivity index (χ3v) is 6.83. The van der Waals surface area contributed by atoms with E-state index in [1.54, 1.807) is 20.3 Å². The summed E-state index contributed by atoms with van der Waals surface area (Å²) in [4.78, 5) is 31.4. The summed E-state index contributed by atoms with van der Waals surface area (Å²) >= 11 is 0.989. The lowest BCUT2D eigenvalue weighted by Crippen LogP contribution is -2.49. The normalized spacial score (nSPS) is 19.3. The molecule has 0 aliphatic carbocycles. The van der Waals surface area contributed by atoms with Crippen molar-refractivity contribution in [3.63, 3.8) is 0 Å². The zero-order valence-electron chi connectivity index (χ0n) is 20.1. The van der Waals surface area contributed by atoms with Crippen molar-refractivity contribution < 1.29 is 32.2 Å². The van der Waals surface area contributed by atoms with Gasteiger partial charge in [0, 0.05) is 13.1 Å². The minimum atomic E-state index is -4.56. The van der Waals surface area contributed by atoms with Gasteiger partial charge in [0.2, 0.25) is 11.8 Å². The number of ether oxygens (including phenoxy) is 2. The van der Waals surface area contributed by atoms with Gasteiger partial charge in [-0.15, -0.1) is 0 Å². The monoisotopic (exact) mass is 537 g/mol. The number of nitrogens with one attached hydrogen (secondary N) is 3. The smallest absolute Gasteiger partial charge is 0.416 e. The van der Waals surface area contributed by atoms with Gasteiger partial charge < -0.3 is 14.8 Å². The average molecular weight is 538 g/mol. The molecule has 0 saturated carbocycles. The fourth-order valence-corrected chi connectivity index (χ4v) is 4.87. The molecule has 4 rings (SSSR count). The van der Waals surface area contributed by atoms with Gasteiger partial charge in [-0.1, -0.05) is 23.9 Å². The molecule has 198 valence electrons. The van der Waals surface area contributed by atoms with Crippen LogP contribution in [-0.2, 0) is 22.2 Å². The summed E-state index contributed by atoms with van der Waals surface area (Å²) in [6, 6.07) is 9.99. The van der Waals surface area contributed by atoms with Crippen molar-refractivity contribution in [3.8, 4) is 11.5 Å². The Bertz CT molecular complexity index is 1190. The maximum atomic E-state index is 13.3. The number of carbonyl (C=O) groups excluding carboxylic acids is 2. The number of halogens is 3. The summed E-state index contributed by atoms with van der Waals surface area (Å²) in [5, 5.41) is 2.96. The Hall–Kier alpha value is -3.29. The highest BCUT2D eigenvalue weighted by Crippen LogP contribution is 2.35. The second-order valence-electron chi connectivity index (χ2n) is 8.29. The lowest BCUT2D eigenvalue weighted by atomic mass is 10.0. The Labute approximate surface area is 215 Å². The van der Waals surface area contributed by atoms with Crippen LogP contribution in [0, 0.1) is 5.92 Å². The quantitative estimate of drug-likeness (QED) is 0.476. The fourth-order valence-electron chi connectivity index (χ4n) is 3.99. The molecule has 0 bridgehead atoms. The number of thioether (sulfide) groups is 1. The average Bonchev–Trinajstić information content (AvgIpc) is 3.36. The Morgan fingerprint density at radius 3 is 2.70 bits per heavy atom. The highest BCUT2D eigenvalue weighted by atomic mass is 32.2. The number of alkyl halides is 3. The molecular formula is C24H26F3N5O4S. The molecule has 2 heterocycles. The zero-order valence-corrected chi connectivity index (χ0v) is 20.9. The molecule has 37 heavy (non-hydrogen) atoms. The number of fused-ring (bicyclic) bond motifs is 1. The first kappa shape index (κ1) is 26.8. The van der Waals surface area contributed by atoms with Gasteiger partial charge in [0.1, 0.15) is 6.17 Å². The van der Waals surface area contributed by atoms with E-state index < -0.39 is 29.7 Å². The number of methoxy groups -OCH3 is 2. The van der Waals surface area contributed by atoms with Crippen LogP contribution in [0.1, 0.15) is 11.1 Å². The highest BCUT2D eigenvalue weighted by Gasteiger charge is 2.43. The van der Waals surface area contributed by atoms with Gasteiger partial charge in [0.05, 0.1) is 37.1 Å². The van der Waals surface area contributed by atoms with E-state index in [0.717, 1.165) is 34.4 Å². The van der Waals surface area contributed by atoms with Crippen LogP contribution < -0.4 is 30.5 Å². The Balaban J connectivity index is 1.41. The number of rotatable bonds is 8. The van der Waals surface area contributed by atoms with Crippen LogP contribution in [0.5, 0.6) is 11.5 Å². The van der Waals surface area contributed by atoms with Gasteiger partial charge in [-0.25, -0.2) is 10.4 Å². The molecule has 0 aromatic heterocycles. The number of hydrogen-bond donors (Lipinski definition) is 3. The molecule has 3 N–H and O–H groups in total. The van der Waals surface area contributed by atoms with E-state index in [-0.39, 0.29) is 29.1 Å². The van der Waals surface area contributed by atoms with Crippen molar-refractivity contribution >= 4 is 34.4 Å². The Kier molecular flexibility index (Phi) is 8.25. The minimum absolute atomic E-state index is 0.0466. The molecule has 1 saturated heterocycles. The summed E-state index contributed by atoms with van der Waals surface area (Å²) in [6.07, 6.45) is -4.58. The molecule has 2 aromatic carbocycles. The first-order valence-corrected chi connectivity index (χ1v) is 12.4. The van der Waals surface area contributed by atoms with Crippen molar-refractivity contribution in [3.05, 3.63) is 53.6 Å². The number of nitrogens with zero attached hydrogens (tertiary/aromatic N) is 2. The number of hydrazine groups is 1. The van der Waals surface area contributed by atoms with Crippen molar-refractivity contribution in [2.45, 2.75) is 18.8 Å². The van der Waals surface area contributed by atoms with E-state index in [1.165, 1.54) is 12.1 Å². The number of carbonyl (C=O) groups is 2. The molecule has 0 spiro atoms. The highest BCUT2D eigenvalue weighted by molar-refractivity contribution is 8.14. The van der Waals surface area contributed by atoms with Crippen LogP contribution in [0.25, 0.3) is 0 Å². The van der Waals surface area contributed by atoms with Gasteiger partial charge in [-0.3, -0.25) is 19.9 Å². The number of benzene rings is 2. The number of amidine groups is 1. The van der Waals surface area contributed by atoms with E-state index in [9.17, 15) is 22.8 Å². The Morgan fingerprint density at radius 1 is 1.19 bits per heavy atom. The maximum Gasteiger partial charge on any atom is 0.416 e. The summed E-state index contributed by atoms with van der Waals surface area (Å²) in [7, 11) is 3.09. The molecule has 2 amide bonds. The van der Waals surface area contributed by atoms with E-state index in [1.807, 2.05) is 12.1 Å². The second-order valence-corrected chi connectivity index (χ2v) is 9.23. The van der Waals surface area contributed by atoms with E-state index in [0.29, 0.717) is 24.5 Å². The topological polar surface area (TPSA) is 104 Å². The number of aliphatic imine (C=N–C) groups is 1. The van der Waals surface area contributed by atoms with Crippen LogP contribution >= 0.6 is 11.8 Å². The number of amides is 2. The molecule has 9 nitrogen and oxygen atoms in total. The largest absolute Gasteiger partial charge is 0.493 e. The third kappa shape index (κ3) is 6.17. The molecule has 2 unspecified atom stereocenters. The van der Waals surface area contributed by atoms with Crippen molar-refractivity contribution in [2.24, 2.45) is 10.9 Å². The van der Waals surface area contributed by atoms with Crippen LogP contribution in [-0.4, -0.2) is 56.2 Å². The Morgan fingerprint density at radius 2 is 1.97 bits per heavy atom. The van der Waals surface area contributed by atoms with Crippen molar-refractivity contribution in [2.75, 3.05) is 38.0 Å². The van der Waals surface area contributed by atoms with Gasteiger partial charge in [0.25, 0.3) is 0 Å². The molecule has 2 atom stereocenters. The SMILES string of the molecule is COc1ccc(CCNC(=O)CSC2=NC3NNCC3C(=O)N2c2cccc(C(F)(F)F)c2)cc1OC. The second kappa shape index (κ2) is 11.4. The van der Waals surface area contributed by atoms with E-state index >= 15 is 0 Å². The number of hydrogen-bond acceptors (Lipinski definition) is 8. The summed E-state index contributed by atoms with van der Waals surface area (Å²) in [5.74, 6) is -0.149. The fraction of sp³-hybridized carbons (Fsp3) is 0.375. The predicted octanol–water partition coefficient (Wildman–Crippen LogP) is 2.57. The lowest BCUT2D eigenvalue weighted by molar-refractivity contribution is -0.137. The molecule has 13 heteroatoms. The summed E-state index contributed by atoms with van der Waals surface area (Å²) < 4.78 is 50.4. The van der Waals surface area contributed by atoms with E-state index in [4.69, 9.17) is 9.47 Å². The standard InChI is InChI=1S/C24H26F3N5O4S/c1-35-18-7-6-14(10-19(18)36-2)8-9-28-20(33)13-37-23-30-21-17(12-29-31-21)22(34)32(23)16-5-3-4-15(11-16)24(25,26)27/h3-7,10-11,17,21,29,31H,8-9,12-13H2,1-2H3,(H,28,33). The molecular weight excluding hydrogens is 511 g/mol. The van der Waals surface area contributed by atoms with Crippen molar-refractivity contribution in [1.29, 1.82) is 0 Å². The predicted molar refractivity (Wildman–Crippen MR) is 133 cm³/mol. The summed E-state index contributed by atoms with van der Waals surface area (Å²) in [5.41, 5.74) is 5.85. The first-order valence-electron chi connectivity index (χ1n) is 11.4. The van der Waals surface area contributed by atoms with Gasteiger partial charge in [-0.2, -0.15) is 13.2 Å². The van der Waals surface area contributed by atoms with Crippen molar-refractivity contribution in [1.82, 2.24) is 16.2 Å².